The Kier molecular flexibility index (Phi) is 5.78. The Morgan fingerprint density at radius 1 is 1.33 bits per heavy atom. The molecule has 0 N–H and O–H groups in total. The highest BCUT2D eigenvalue weighted by Gasteiger charge is 2.16. The third-order valence-electron chi connectivity index (χ3n) is 3.99. The Labute approximate surface area is 126 Å². The van der Waals surface area contributed by atoms with Crippen molar-refractivity contribution in [2.24, 2.45) is 0 Å². The molecular weight excluding hydrogens is 266 g/mol. The summed E-state index contributed by atoms with van der Waals surface area (Å²) in [6, 6.07) is 5.96. The van der Waals surface area contributed by atoms with Gasteiger partial charge in [-0.25, -0.2) is 0 Å². The lowest BCUT2D eigenvalue weighted by atomic mass is 9.99. The lowest BCUT2D eigenvalue weighted by Gasteiger charge is -2.31. The Morgan fingerprint density at radius 3 is 2.95 bits per heavy atom. The number of fused-ring (bicyclic) bond motifs is 1. The number of aldehydes is 1. The van der Waals surface area contributed by atoms with Gasteiger partial charge in [-0.15, -0.1) is 0 Å². The van der Waals surface area contributed by atoms with Gasteiger partial charge in [0.25, 0.3) is 0 Å². The van der Waals surface area contributed by atoms with Gasteiger partial charge in [0.2, 0.25) is 0 Å². The number of rotatable bonds is 7. The van der Waals surface area contributed by atoms with Gasteiger partial charge in [0.1, 0.15) is 6.29 Å². The second-order valence-corrected chi connectivity index (χ2v) is 5.48. The van der Waals surface area contributed by atoms with Crippen LogP contribution in [-0.4, -0.2) is 32.5 Å². The van der Waals surface area contributed by atoms with Crippen molar-refractivity contribution in [1.29, 1.82) is 0 Å². The molecule has 1 aliphatic rings. The van der Waals surface area contributed by atoms with Crippen LogP contribution in [0.15, 0.2) is 18.2 Å². The minimum absolute atomic E-state index is 0.125. The maximum atomic E-state index is 11.0. The third kappa shape index (κ3) is 4.31. The Hall–Kier alpha value is -1.84. The Bertz CT molecular complexity index is 499. The van der Waals surface area contributed by atoms with Crippen molar-refractivity contribution in [3.8, 4) is 0 Å². The van der Waals surface area contributed by atoms with E-state index in [9.17, 15) is 9.59 Å². The molecule has 114 valence electrons. The lowest BCUT2D eigenvalue weighted by Crippen LogP contribution is -2.30. The van der Waals surface area contributed by atoms with Crippen LogP contribution < -0.4 is 4.90 Å². The van der Waals surface area contributed by atoms with Gasteiger partial charge < -0.3 is 9.64 Å². The molecule has 21 heavy (non-hydrogen) atoms. The molecule has 0 saturated carbocycles. The van der Waals surface area contributed by atoms with E-state index in [0.717, 1.165) is 57.0 Å². The number of methoxy groups -OCH3 is 1. The van der Waals surface area contributed by atoms with E-state index in [4.69, 9.17) is 0 Å². The van der Waals surface area contributed by atoms with E-state index in [1.54, 1.807) is 0 Å². The van der Waals surface area contributed by atoms with E-state index < -0.39 is 0 Å². The number of hydrogen-bond donors (Lipinski definition) is 0. The molecule has 1 aromatic rings. The number of benzene rings is 1. The maximum Gasteiger partial charge on any atom is 0.305 e. The highest BCUT2D eigenvalue weighted by molar-refractivity contribution is 5.77. The van der Waals surface area contributed by atoms with Crippen molar-refractivity contribution in [3.05, 3.63) is 29.3 Å². The minimum Gasteiger partial charge on any atom is -0.469 e. The SMILES string of the molecule is COC(=O)CCCCCN1CCCc2cc(C=O)ccc21. The topological polar surface area (TPSA) is 46.6 Å². The molecule has 4 heteroatoms. The fraction of sp³-hybridized carbons (Fsp3) is 0.529. The normalized spacial score (nSPS) is 13.7. The average Bonchev–Trinajstić information content (AvgIpc) is 2.53. The molecule has 1 aromatic carbocycles. The van der Waals surface area contributed by atoms with E-state index in [-0.39, 0.29) is 5.97 Å². The third-order valence-corrected chi connectivity index (χ3v) is 3.99. The van der Waals surface area contributed by atoms with E-state index in [1.165, 1.54) is 18.4 Å². The van der Waals surface area contributed by atoms with Crippen LogP contribution in [0, 0.1) is 0 Å². The van der Waals surface area contributed by atoms with Gasteiger partial charge in [0, 0.05) is 30.8 Å². The number of anilines is 1. The van der Waals surface area contributed by atoms with Crippen LogP contribution in [0.2, 0.25) is 0 Å². The molecule has 4 nitrogen and oxygen atoms in total. The Balaban J connectivity index is 1.83. The van der Waals surface area contributed by atoms with Crippen LogP contribution in [0.5, 0.6) is 0 Å². The first-order valence-electron chi connectivity index (χ1n) is 7.64. The van der Waals surface area contributed by atoms with Crippen molar-refractivity contribution in [2.75, 3.05) is 25.1 Å². The number of hydrogen-bond acceptors (Lipinski definition) is 4. The summed E-state index contributed by atoms with van der Waals surface area (Å²) in [6.45, 7) is 2.08. The van der Waals surface area contributed by atoms with E-state index >= 15 is 0 Å². The van der Waals surface area contributed by atoms with E-state index in [1.807, 2.05) is 12.1 Å². The average molecular weight is 289 g/mol. The summed E-state index contributed by atoms with van der Waals surface area (Å²) in [7, 11) is 1.43. The van der Waals surface area contributed by atoms with Gasteiger partial charge >= 0.3 is 5.97 Å². The van der Waals surface area contributed by atoms with Crippen LogP contribution in [-0.2, 0) is 16.0 Å². The fourth-order valence-corrected chi connectivity index (χ4v) is 2.85. The number of aryl methyl sites for hydroxylation is 1. The van der Waals surface area contributed by atoms with Gasteiger partial charge in [-0.05, 0) is 49.4 Å². The molecule has 0 aliphatic carbocycles. The van der Waals surface area contributed by atoms with E-state index in [0.29, 0.717) is 6.42 Å². The molecule has 1 aliphatic heterocycles. The molecule has 0 amide bonds. The van der Waals surface area contributed by atoms with Crippen LogP contribution in [0.1, 0.15) is 48.0 Å². The number of esters is 1. The smallest absolute Gasteiger partial charge is 0.305 e. The lowest BCUT2D eigenvalue weighted by molar-refractivity contribution is -0.140. The summed E-state index contributed by atoms with van der Waals surface area (Å²) < 4.78 is 4.64. The zero-order valence-corrected chi connectivity index (χ0v) is 12.6. The number of carbonyl (C=O) groups excluding carboxylic acids is 2. The van der Waals surface area contributed by atoms with Crippen molar-refractivity contribution < 1.29 is 14.3 Å². The summed E-state index contributed by atoms with van der Waals surface area (Å²) >= 11 is 0. The first-order valence-corrected chi connectivity index (χ1v) is 7.64. The fourth-order valence-electron chi connectivity index (χ4n) is 2.85. The first-order chi connectivity index (χ1) is 10.2. The van der Waals surface area contributed by atoms with Gasteiger partial charge in [0.15, 0.2) is 0 Å². The quantitative estimate of drug-likeness (QED) is 0.440. The van der Waals surface area contributed by atoms with Crippen LogP contribution in [0.25, 0.3) is 0 Å². The molecule has 0 radical (unpaired) electrons. The van der Waals surface area contributed by atoms with Crippen LogP contribution >= 0.6 is 0 Å². The number of unbranched alkanes of at least 4 members (excludes halogenated alkanes) is 2. The molecule has 0 fully saturated rings. The Morgan fingerprint density at radius 2 is 2.19 bits per heavy atom. The van der Waals surface area contributed by atoms with Crippen molar-refractivity contribution >= 4 is 17.9 Å². The molecule has 0 saturated heterocycles. The summed E-state index contributed by atoms with van der Waals surface area (Å²) in [4.78, 5) is 24.3. The molecule has 0 spiro atoms. The van der Waals surface area contributed by atoms with Gasteiger partial charge in [-0.2, -0.15) is 0 Å². The first kappa shape index (κ1) is 15.5. The molecule has 0 atom stereocenters. The maximum absolute atomic E-state index is 11.0. The van der Waals surface area contributed by atoms with Crippen LogP contribution in [0.4, 0.5) is 5.69 Å². The second kappa shape index (κ2) is 7.81. The highest BCUT2D eigenvalue weighted by atomic mass is 16.5. The standard InChI is InChI=1S/C17H23NO3/c1-21-17(20)7-3-2-4-10-18-11-5-6-15-12-14(13-19)8-9-16(15)18/h8-9,12-13H,2-7,10-11H2,1H3. The molecular formula is C17H23NO3. The minimum atomic E-state index is -0.125. The molecule has 0 unspecified atom stereocenters. The zero-order valence-electron chi connectivity index (χ0n) is 12.6. The van der Waals surface area contributed by atoms with E-state index in [2.05, 4.69) is 15.7 Å². The second-order valence-electron chi connectivity index (χ2n) is 5.48. The number of ether oxygens (including phenoxy) is 1. The molecule has 0 bridgehead atoms. The number of nitrogens with zero attached hydrogens (tertiary/aromatic N) is 1. The van der Waals surface area contributed by atoms with Crippen LogP contribution in [0.3, 0.4) is 0 Å². The zero-order chi connectivity index (χ0) is 15.1. The van der Waals surface area contributed by atoms with Crippen molar-refractivity contribution in [1.82, 2.24) is 0 Å². The molecule has 2 rings (SSSR count). The van der Waals surface area contributed by atoms with Gasteiger partial charge in [-0.1, -0.05) is 6.42 Å². The van der Waals surface area contributed by atoms with Crippen molar-refractivity contribution in [2.45, 2.75) is 38.5 Å². The predicted molar refractivity (Wildman–Crippen MR) is 82.8 cm³/mol. The largest absolute Gasteiger partial charge is 0.469 e. The monoisotopic (exact) mass is 289 g/mol. The highest BCUT2D eigenvalue weighted by Crippen LogP contribution is 2.28. The molecule has 1 heterocycles. The van der Waals surface area contributed by atoms with Gasteiger partial charge in [-0.3, -0.25) is 9.59 Å². The summed E-state index contributed by atoms with van der Waals surface area (Å²) in [6.07, 6.45) is 6.60. The number of carbonyl (C=O) groups is 2. The molecule has 0 aromatic heterocycles. The summed E-state index contributed by atoms with van der Waals surface area (Å²) in [5.41, 5.74) is 3.30. The summed E-state index contributed by atoms with van der Waals surface area (Å²) in [5.74, 6) is -0.125. The predicted octanol–water partition coefficient (Wildman–Crippen LogP) is 2.99. The van der Waals surface area contributed by atoms with Crippen molar-refractivity contribution in [3.63, 3.8) is 0 Å². The van der Waals surface area contributed by atoms with Gasteiger partial charge in [0.05, 0.1) is 7.11 Å². The summed E-state index contributed by atoms with van der Waals surface area (Å²) in [5, 5.41) is 0.